The molecule has 1 aliphatic rings. The van der Waals surface area contributed by atoms with Crippen LogP contribution >= 0.6 is 24.0 Å². The number of rotatable bonds is 9. The van der Waals surface area contributed by atoms with Crippen LogP contribution in [0.3, 0.4) is 0 Å². The van der Waals surface area contributed by atoms with Gasteiger partial charge in [-0.25, -0.2) is 4.99 Å². The summed E-state index contributed by atoms with van der Waals surface area (Å²) in [6, 6.07) is 8.02. The molecule has 3 N–H and O–H groups in total. The number of ether oxygens (including phenoxy) is 2. The second kappa shape index (κ2) is 12.3. The molecule has 1 aliphatic heterocycles. The van der Waals surface area contributed by atoms with E-state index < -0.39 is 0 Å². The first-order chi connectivity index (χ1) is 12.2. The van der Waals surface area contributed by atoms with E-state index in [-0.39, 0.29) is 36.0 Å². The first kappa shape index (κ1) is 23.0. The zero-order valence-electron chi connectivity index (χ0n) is 15.8. The summed E-state index contributed by atoms with van der Waals surface area (Å²) in [5.74, 6) is 1.66. The van der Waals surface area contributed by atoms with Crippen LogP contribution in [0.5, 0.6) is 5.75 Å². The molecule has 6 nitrogen and oxygen atoms in total. The van der Waals surface area contributed by atoms with Crippen LogP contribution in [0.2, 0.25) is 0 Å². The molecule has 1 heterocycles. The number of aliphatic hydroxyl groups is 1. The third kappa shape index (κ3) is 7.28. The third-order valence-electron chi connectivity index (χ3n) is 4.43. The minimum atomic E-state index is -0.000175. The molecule has 0 radical (unpaired) electrons. The number of halogens is 1. The van der Waals surface area contributed by atoms with E-state index in [4.69, 9.17) is 9.47 Å². The van der Waals surface area contributed by atoms with Crippen LogP contribution in [0.1, 0.15) is 32.3 Å². The lowest BCUT2D eigenvalue weighted by atomic mass is 9.84. The minimum absolute atomic E-state index is 0. The van der Waals surface area contributed by atoms with Crippen molar-refractivity contribution in [2.75, 3.05) is 39.5 Å². The van der Waals surface area contributed by atoms with E-state index in [1.54, 1.807) is 0 Å². The van der Waals surface area contributed by atoms with Crippen molar-refractivity contribution in [1.82, 2.24) is 10.6 Å². The van der Waals surface area contributed by atoms with Crippen molar-refractivity contribution in [1.29, 1.82) is 0 Å². The molecular formula is C19H32IN3O3. The molecular weight excluding hydrogens is 445 g/mol. The number of aliphatic hydroxyl groups excluding tert-OH is 1. The molecule has 2 rings (SSSR count). The van der Waals surface area contributed by atoms with Crippen LogP contribution in [0.25, 0.3) is 0 Å². The molecule has 7 heteroatoms. The largest absolute Gasteiger partial charge is 0.494 e. The van der Waals surface area contributed by atoms with Gasteiger partial charge in [-0.1, -0.05) is 12.1 Å². The van der Waals surface area contributed by atoms with Gasteiger partial charge < -0.3 is 25.2 Å². The molecule has 1 aromatic carbocycles. The summed E-state index contributed by atoms with van der Waals surface area (Å²) in [6.07, 6.45) is 1.71. The Kier molecular flexibility index (Phi) is 10.9. The highest BCUT2D eigenvalue weighted by Gasteiger charge is 2.34. The van der Waals surface area contributed by atoms with E-state index in [9.17, 15) is 5.11 Å². The van der Waals surface area contributed by atoms with Crippen LogP contribution in [-0.4, -0.2) is 50.6 Å². The maximum atomic E-state index is 9.34. The summed E-state index contributed by atoms with van der Waals surface area (Å²) in [7, 11) is 0. The topological polar surface area (TPSA) is 75.1 Å². The fourth-order valence-electron chi connectivity index (χ4n) is 3.00. The highest BCUT2D eigenvalue weighted by molar-refractivity contribution is 14.0. The van der Waals surface area contributed by atoms with Gasteiger partial charge in [0.05, 0.1) is 19.8 Å². The van der Waals surface area contributed by atoms with E-state index >= 15 is 0 Å². The Hall–Kier alpha value is -1.06. The summed E-state index contributed by atoms with van der Waals surface area (Å²) in [4.78, 5) is 4.67. The van der Waals surface area contributed by atoms with Gasteiger partial charge in [-0.05, 0) is 44.4 Å². The fraction of sp³-hybridized carbons (Fsp3) is 0.632. The average molecular weight is 477 g/mol. The Bertz CT molecular complexity index is 549. The van der Waals surface area contributed by atoms with Crippen molar-refractivity contribution in [2.45, 2.75) is 33.2 Å². The molecule has 26 heavy (non-hydrogen) atoms. The molecule has 0 saturated carbocycles. The first-order valence-electron chi connectivity index (χ1n) is 9.14. The Morgan fingerprint density at radius 2 is 2.19 bits per heavy atom. The fourth-order valence-corrected chi connectivity index (χ4v) is 3.00. The number of hydrogen-bond donors (Lipinski definition) is 3. The lowest BCUT2D eigenvalue weighted by molar-refractivity contribution is 0.127. The van der Waals surface area contributed by atoms with E-state index in [0.717, 1.165) is 49.8 Å². The van der Waals surface area contributed by atoms with Gasteiger partial charge in [0.15, 0.2) is 5.96 Å². The SMILES string of the molecule is CCNC(=NCc1cccc(OCC)c1)NCC1(CCO)CCOC1.I. The van der Waals surface area contributed by atoms with Gasteiger partial charge in [-0.15, -0.1) is 24.0 Å². The third-order valence-corrected chi connectivity index (χ3v) is 4.43. The van der Waals surface area contributed by atoms with Gasteiger partial charge >= 0.3 is 0 Å². The normalized spacial score (nSPS) is 19.7. The summed E-state index contributed by atoms with van der Waals surface area (Å²) in [6.45, 7) is 8.46. The van der Waals surface area contributed by atoms with Crippen LogP contribution in [0, 0.1) is 5.41 Å². The van der Waals surface area contributed by atoms with Crippen LogP contribution in [-0.2, 0) is 11.3 Å². The standard InChI is InChI=1S/C19H31N3O3.HI/c1-3-20-18(22-14-19(8-10-23)9-11-24-15-19)21-13-16-6-5-7-17(12-16)25-4-2;/h5-7,12,23H,3-4,8-11,13-15H2,1-2H3,(H2,20,21,22);1H. The predicted octanol–water partition coefficient (Wildman–Crippen LogP) is 2.55. The summed E-state index contributed by atoms with van der Waals surface area (Å²) >= 11 is 0. The highest BCUT2D eigenvalue weighted by Crippen LogP contribution is 2.31. The van der Waals surface area contributed by atoms with Crippen LogP contribution in [0.4, 0.5) is 0 Å². The molecule has 1 atom stereocenters. The van der Waals surface area contributed by atoms with Gasteiger partial charge in [-0.2, -0.15) is 0 Å². The summed E-state index contributed by atoms with van der Waals surface area (Å²) in [5.41, 5.74) is 1.11. The molecule has 1 fully saturated rings. The lowest BCUT2D eigenvalue weighted by Crippen LogP contribution is -2.44. The number of hydrogen-bond acceptors (Lipinski definition) is 4. The van der Waals surface area contributed by atoms with Crippen molar-refractivity contribution in [3.63, 3.8) is 0 Å². The Balaban J connectivity index is 0.00000338. The number of nitrogens with one attached hydrogen (secondary N) is 2. The van der Waals surface area contributed by atoms with E-state index in [1.807, 2.05) is 31.2 Å². The molecule has 0 spiro atoms. The minimum Gasteiger partial charge on any atom is -0.494 e. The van der Waals surface area contributed by atoms with E-state index in [0.29, 0.717) is 19.8 Å². The molecule has 1 unspecified atom stereocenters. The number of nitrogens with zero attached hydrogens (tertiary/aromatic N) is 1. The molecule has 148 valence electrons. The van der Waals surface area contributed by atoms with Gasteiger partial charge in [0.1, 0.15) is 5.75 Å². The van der Waals surface area contributed by atoms with Crippen molar-refractivity contribution < 1.29 is 14.6 Å². The molecule has 0 amide bonds. The number of benzene rings is 1. The second-order valence-corrected chi connectivity index (χ2v) is 6.41. The number of guanidine groups is 1. The van der Waals surface area contributed by atoms with E-state index in [2.05, 4.69) is 22.5 Å². The van der Waals surface area contributed by atoms with Gasteiger partial charge in [0.25, 0.3) is 0 Å². The Morgan fingerprint density at radius 1 is 1.35 bits per heavy atom. The van der Waals surface area contributed by atoms with Gasteiger partial charge in [-0.3, -0.25) is 0 Å². The molecule has 0 aliphatic carbocycles. The molecule has 1 saturated heterocycles. The first-order valence-corrected chi connectivity index (χ1v) is 9.14. The molecule has 0 aromatic heterocycles. The summed E-state index contributed by atoms with van der Waals surface area (Å²) in [5, 5.41) is 16.0. The van der Waals surface area contributed by atoms with Gasteiger partial charge in [0.2, 0.25) is 0 Å². The monoisotopic (exact) mass is 477 g/mol. The van der Waals surface area contributed by atoms with Crippen molar-refractivity contribution >= 4 is 29.9 Å². The van der Waals surface area contributed by atoms with Crippen molar-refractivity contribution in [2.24, 2.45) is 10.4 Å². The Labute approximate surface area is 173 Å². The zero-order valence-corrected chi connectivity index (χ0v) is 18.1. The lowest BCUT2D eigenvalue weighted by Gasteiger charge is -2.27. The number of aliphatic imine (C=N–C) groups is 1. The smallest absolute Gasteiger partial charge is 0.191 e. The molecule has 1 aromatic rings. The van der Waals surface area contributed by atoms with Crippen molar-refractivity contribution in [3.05, 3.63) is 29.8 Å². The highest BCUT2D eigenvalue weighted by atomic mass is 127. The van der Waals surface area contributed by atoms with Crippen LogP contribution in [0.15, 0.2) is 29.3 Å². The maximum absolute atomic E-state index is 9.34. The van der Waals surface area contributed by atoms with Gasteiger partial charge in [0, 0.05) is 31.7 Å². The van der Waals surface area contributed by atoms with Crippen LogP contribution < -0.4 is 15.4 Å². The predicted molar refractivity (Wildman–Crippen MR) is 115 cm³/mol. The average Bonchev–Trinajstić information content (AvgIpc) is 3.07. The summed E-state index contributed by atoms with van der Waals surface area (Å²) < 4.78 is 11.1. The Morgan fingerprint density at radius 3 is 2.85 bits per heavy atom. The zero-order chi connectivity index (χ0) is 18.0. The van der Waals surface area contributed by atoms with Crippen molar-refractivity contribution in [3.8, 4) is 5.75 Å². The second-order valence-electron chi connectivity index (χ2n) is 6.41. The molecule has 0 bridgehead atoms. The maximum Gasteiger partial charge on any atom is 0.191 e. The quantitative estimate of drug-likeness (QED) is 0.290. The van der Waals surface area contributed by atoms with E-state index in [1.165, 1.54) is 0 Å².